The lowest BCUT2D eigenvalue weighted by Gasteiger charge is -2.09. The fourth-order valence-electron chi connectivity index (χ4n) is 1.57. The third-order valence-electron chi connectivity index (χ3n) is 2.52. The minimum Gasteiger partial charge on any atom is -0.489 e. The van der Waals surface area contributed by atoms with Gasteiger partial charge in [0, 0.05) is 0 Å². The summed E-state index contributed by atoms with van der Waals surface area (Å²) in [5.41, 5.74) is 1.57. The van der Waals surface area contributed by atoms with Crippen molar-refractivity contribution < 1.29 is 13.5 Å². The molecule has 0 aliphatic heterocycles. The Kier molecular flexibility index (Phi) is 3.97. The molecule has 0 aliphatic carbocycles. The molecule has 0 aliphatic rings. The van der Waals surface area contributed by atoms with E-state index in [0.717, 1.165) is 11.1 Å². The first-order chi connectivity index (χ1) is 8.56. The zero-order valence-electron chi connectivity index (χ0n) is 9.71. The van der Waals surface area contributed by atoms with Gasteiger partial charge in [-0.15, -0.1) is 0 Å². The third kappa shape index (κ3) is 3.07. The molecule has 0 N–H and O–H groups in total. The van der Waals surface area contributed by atoms with Gasteiger partial charge >= 0.3 is 0 Å². The van der Waals surface area contributed by atoms with Gasteiger partial charge in [-0.2, -0.15) is 0 Å². The minimum atomic E-state index is -0.309. The summed E-state index contributed by atoms with van der Waals surface area (Å²) in [4.78, 5) is 0. The van der Waals surface area contributed by atoms with Gasteiger partial charge in [0.25, 0.3) is 0 Å². The lowest BCUT2D eigenvalue weighted by atomic mass is 10.2. The SMILES string of the molecule is Cc1cc(F)ccc1OCc1ccc(F)c(Br)c1. The summed E-state index contributed by atoms with van der Waals surface area (Å²) >= 11 is 3.12. The highest BCUT2D eigenvalue weighted by Crippen LogP contribution is 2.21. The lowest BCUT2D eigenvalue weighted by Crippen LogP contribution is -1.97. The molecule has 2 aromatic carbocycles. The Balaban J connectivity index is 2.09. The van der Waals surface area contributed by atoms with Gasteiger partial charge in [0.1, 0.15) is 24.0 Å². The van der Waals surface area contributed by atoms with Crippen LogP contribution in [-0.2, 0) is 6.61 Å². The van der Waals surface area contributed by atoms with E-state index in [4.69, 9.17) is 4.74 Å². The van der Waals surface area contributed by atoms with Crippen molar-refractivity contribution in [3.63, 3.8) is 0 Å². The van der Waals surface area contributed by atoms with E-state index in [1.54, 1.807) is 25.1 Å². The Hall–Kier alpha value is -1.42. The Labute approximate surface area is 113 Å². The van der Waals surface area contributed by atoms with Gasteiger partial charge in [-0.05, 0) is 64.3 Å². The summed E-state index contributed by atoms with van der Waals surface area (Å²) in [7, 11) is 0. The number of benzene rings is 2. The van der Waals surface area contributed by atoms with Crippen molar-refractivity contribution in [2.45, 2.75) is 13.5 Å². The van der Waals surface area contributed by atoms with Crippen LogP contribution in [0.3, 0.4) is 0 Å². The first-order valence-electron chi connectivity index (χ1n) is 5.39. The van der Waals surface area contributed by atoms with Crippen LogP contribution in [0, 0.1) is 18.6 Å². The van der Waals surface area contributed by atoms with Crippen LogP contribution >= 0.6 is 15.9 Å². The predicted molar refractivity (Wildman–Crippen MR) is 69.6 cm³/mol. The van der Waals surface area contributed by atoms with Crippen molar-refractivity contribution in [3.8, 4) is 5.75 Å². The highest BCUT2D eigenvalue weighted by molar-refractivity contribution is 9.10. The van der Waals surface area contributed by atoms with Crippen LogP contribution in [0.15, 0.2) is 40.9 Å². The summed E-state index contributed by atoms with van der Waals surface area (Å²) in [5, 5.41) is 0. The first kappa shape index (κ1) is 13.0. The van der Waals surface area contributed by atoms with Gasteiger partial charge in [-0.25, -0.2) is 8.78 Å². The highest BCUT2D eigenvalue weighted by atomic mass is 79.9. The van der Waals surface area contributed by atoms with Crippen LogP contribution < -0.4 is 4.74 Å². The number of aryl methyl sites for hydroxylation is 1. The van der Waals surface area contributed by atoms with Crippen LogP contribution in [-0.4, -0.2) is 0 Å². The second kappa shape index (κ2) is 5.48. The molecule has 0 fully saturated rings. The number of hydrogen-bond donors (Lipinski definition) is 0. The van der Waals surface area contributed by atoms with E-state index >= 15 is 0 Å². The molecule has 2 aromatic rings. The van der Waals surface area contributed by atoms with Crippen LogP contribution in [0.1, 0.15) is 11.1 Å². The van der Waals surface area contributed by atoms with Crippen molar-refractivity contribution in [1.29, 1.82) is 0 Å². The molecular weight excluding hydrogens is 302 g/mol. The van der Waals surface area contributed by atoms with Gasteiger partial charge in [-0.1, -0.05) is 6.07 Å². The van der Waals surface area contributed by atoms with Gasteiger partial charge in [0.15, 0.2) is 0 Å². The van der Waals surface area contributed by atoms with E-state index in [9.17, 15) is 8.78 Å². The standard InChI is InChI=1S/C14H11BrF2O/c1-9-6-11(16)3-5-14(9)18-8-10-2-4-13(17)12(15)7-10/h2-7H,8H2,1H3. The molecule has 0 saturated carbocycles. The van der Waals surface area contributed by atoms with Gasteiger partial charge < -0.3 is 4.74 Å². The summed E-state index contributed by atoms with van der Waals surface area (Å²) in [6, 6.07) is 9.04. The van der Waals surface area contributed by atoms with Crippen LogP contribution in [0.2, 0.25) is 0 Å². The Morgan fingerprint density at radius 2 is 1.89 bits per heavy atom. The predicted octanol–water partition coefficient (Wildman–Crippen LogP) is 4.61. The molecule has 0 radical (unpaired) electrons. The smallest absolute Gasteiger partial charge is 0.137 e. The molecule has 0 saturated heterocycles. The van der Waals surface area contributed by atoms with E-state index in [1.807, 2.05) is 0 Å². The maximum atomic E-state index is 13.0. The average Bonchev–Trinajstić information content (AvgIpc) is 2.32. The van der Waals surface area contributed by atoms with E-state index < -0.39 is 0 Å². The second-order valence-electron chi connectivity index (χ2n) is 3.95. The fraction of sp³-hybridized carbons (Fsp3) is 0.143. The molecule has 0 aromatic heterocycles. The van der Waals surface area contributed by atoms with Crippen LogP contribution in [0.25, 0.3) is 0 Å². The van der Waals surface area contributed by atoms with E-state index in [2.05, 4.69) is 15.9 Å². The van der Waals surface area contributed by atoms with Crippen molar-refractivity contribution in [2.24, 2.45) is 0 Å². The molecular formula is C14H11BrF2O. The molecule has 0 spiro atoms. The molecule has 0 heterocycles. The fourth-order valence-corrected chi connectivity index (χ4v) is 1.99. The molecule has 0 unspecified atom stereocenters. The zero-order valence-corrected chi connectivity index (χ0v) is 11.3. The molecule has 0 bridgehead atoms. The van der Waals surface area contributed by atoms with Crippen molar-refractivity contribution in [3.05, 3.63) is 63.6 Å². The molecule has 1 nitrogen and oxygen atoms in total. The number of halogens is 3. The Morgan fingerprint density at radius 1 is 1.11 bits per heavy atom. The summed E-state index contributed by atoms with van der Waals surface area (Å²) in [6.45, 7) is 2.09. The average molecular weight is 313 g/mol. The lowest BCUT2D eigenvalue weighted by molar-refractivity contribution is 0.303. The van der Waals surface area contributed by atoms with Crippen molar-refractivity contribution in [1.82, 2.24) is 0 Å². The summed E-state index contributed by atoms with van der Waals surface area (Å²) < 4.78 is 31.9. The van der Waals surface area contributed by atoms with Crippen LogP contribution in [0.4, 0.5) is 8.78 Å². The van der Waals surface area contributed by atoms with Crippen LogP contribution in [0.5, 0.6) is 5.75 Å². The van der Waals surface area contributed by atoms with E-state index in [1.165, 1.54) is 18.2 Å². The zero-order chi connectivity index (χ0) is 13.1. The highest BCUT2D eigenvalue weighted by Gasteiger charge is 2.04. The normalized spacial score (nSPS) is 10.4. The molecule has 2 rings (SSSR count). The molecule has 18 heavy (non-hydrogen) atoms. The number of ether oxygens (including phenoxy) is 1. The second-order valence-corrected chi connectivity index (χ2v) is 4.80. The summed E-state index contributed by atoms with van der Waals surface area (Å²) in [6.07, 6.45) is 0. The van der Waals surface area contributed by atoms with E-state index in [-0.39, 0.29) is 11.6 Å². The number of rotatable bonds is 3. The maximum Gasteiger partial charge on any atom is 0.137 e. The minimum absolute atomic E-state index is 0.288. The third-order valence-corrected chi connectivity index (χ3v) is 3.12. The summed E-state index contributed by atoms with van der Waals surface area (Å²) in [5.74, 6) is 0.0259. The first-order valence-corrected chi connectivity index (χ1v) is 6.18. The molecule has 0 amide bonds. The quantitative estimate of drug-likeness (QED) is 0.804. The largest absolute Gasteiger partial charge is 0.489 e. The van der Waals surface area contributed by atoms with E-state index in [0.29, 0.717) is 16.8 Å². The molecule has 94 valence electrons. The topological polar surface area (TPSA) is 9.23 Å². The Bertz CT molecular complexity index is 570. The van der Waals surface area contributed by atoms with Gasteiger partial charge in [0.2, 0.25) is 0 Å². The van der Waals surface area contributed by atoms with Gasteiger partial charge in [-0.3, -0.25) is 0 Å². The molecule has 4 heteroatoms. The molecule has 0 atom stereocenters. The monoisotopic (exact) mass is 312 g/mol. The van der Waals surface area contributed by atoms with Crippen molar-refractivity contribution in [2.75, 3.05) is 0 Å². The maximum absolute atomic E-state index is 13.0. The Morgan fingerprint density at radius 3 is 2.56 bits per heavy atom. The number of hydrogen-bond acceptors (Lipinski definition) is 1. The van der Waals surface area contributed by atoms with Gasteiger partial charge in [0.05, 0.1) is 4.47 Å². The van der Waals surface area contributed by atoms with Crippen molar-refractivity contribution >= 4 is 15.9 Å².